The Labute approximate surface area is 234 Å². The molecular weight excluding hydrogens is 484 g/mol. The number of aryl methyl sites for hydroxylation is 2. The molecule has 0 amide bonds. The summed E-state index contributed by atoms with van der Waals surface area (Å²) in [6.07, 6.45) is 5.68. The molecule has 0 saturated heterocycles. The Morgan fingerprint density at radius 2 is 1.07 bits per heavy atom. The molecule has 0 aliphatic heterocycles. The molecule has 7 rings (SSSR count). The van der Waals surface area contributed by atoms with Gasteiger partial charge in [-0.3, -0.25) is 9.97 Å². The van der Waals surface area contributed by atoms with Gasteiger partial charge in [0.2, 0.25) is 0 Å². The van der Waals surface area contributed by atoms with E-state index >= 15 is 0 Å². The fourth-order valence-corrected chi connectivity index (χ4v) is 5.91. The zero-order chi connectivity index (χ0) is 27.1. The maximum absolute atomic E-state index is 4.56. The Morgan fingerprint density at radius 3 is 1.68 bits per heavy atom. The zero-order valence-corrected chi connectivity index (χ0v) is 22.6. The maximum atomic E-state index is 4.56. The summed E-state index contributed by atoms with van der Waals surface area (Å²) in [4.78, 5) is 8.95. The van der Waals surface area contributed by atoms with E-state index in [1.54, 1.807) is 0 Å². The summed E-state index contributed by atoms with van der Waals surface area (Å²) in [5.74, 6) is 0. The van der Waals surface area contributed by atoms with Crippen molar-refractivity contribution in [2.45, 2.75) is 13.8 Å². The topological polar surface area (TPSA) is 25.8 Å². The second kappa shape index (κ2) is 9.91. The molecule has 0 unspecified atom stereocenters. The van der Waals surface area contributed by atoms with E-state index in [9.17, 15) is 0 Å². The van der Waals surface area contributed by atoms with Crippen LogP contribution in [0.4, 0.5) is 0 Å². The number of aromatic nitrogens is 2. The van der Waals surface area contributed by atoms with Crippen LogP contribution in [-0.4, -0.2) is 9.97 Å². The molecule has 7 aromatic rings. The van der Waals surface area contributed by atoms with Crippen molar-refractivity contribution < 1.29 is 0 Å². The Kier molecular flexibility index (Phi) is 5.94. The summed E-state index contributed by atoms with van der Waals surface area (Å²) in [6.45, 7) is 4.29. The van der Waals surface area contributed by atoms with E-state index < -0.39 is 0 Å². The van der Waals surface area contributed by atoms with Gasteiger partial charge >= 0.3 is 0 Å². The summed E-state index contributed by atoms with van der Waals surface area (Å²) in [5, 5.41) is 5.04. The summed E-state index contributed by atoms with van der Waals surface area (Å²) in [7, 11) is 0. The van der Waals surface area contributed by atoms with Crippen LogP contribution in [0.3, 0.4) is 0 Å². The molecule has 0 N–H and O–H groups in total. The van der Waals surface area contributed by atoms with Crippen molar-refractivity contribution in [1.29, 1.82) is 0 Å². The maximum Gasteiger partial charge on any atom is 0.0702 e. The highest BCUT2D eigenvalue weighted by Crippen LogP contribution is 2.44. The number of benzene rings is 5. The number of hydrogen-bond acceptors (Lipinski definition) is 2. The predicted molar refractivity (Wildman–Crippen MR) is 168 cm³/mol. The third-order valence-electron chi connectivity index (χ3n) is 7.77. The SMILES string of the molecule is Cc1cncc(-c2ccc(-c3c4ccccc4c(-c4ccc(-c5ccccn5)cc4C)c4ccccc34)cc2)c1. The van der Waals surface area contributed by atoms with Gasteiger partial charge in [0.15, 0.2) is 0 Å². The van der Waals surface area contributed by atoms with Gasteiger partial charge in [0.05, 0.1) is 5.69 Å². The third kappa shape index (κ3) is 4.15. The van der Waals surface area contributed by atoms with E-state index in [-0.39, 0.29) is 0 Å². The lowest BCUT2D eigenvalue weighted by Crippen LogP contribution is -1.93. The fourth-order valence-electron chi connectivity index (χ4n) is 5.91. The van der Waals surface area contributed by atoms with E-state index in [1.165, 1.54) is 54.9 Å². The summed E-state index contributed by atoms with van der Waals surface area (Å²) >= 11 is 0. The first-order chi connectivity index (χ1) is 19.7. The fraction of sp³-hybridized carbons (Fsp3) is 0.0526. The van der Waals surface area contributed by atoms with Crippen molar-refractivity contribution in [2.24, 2.45) is 0 Å². The standard InChI is InChI=1S/C38H28N2/c1-25-21-30(24-39-23-25)27-14-16-28(17-15-27)37-32-9-3-5-11-34(32)38(35-12-6-4-10-33(35)37)31-19-18-29(22-26(31)2)36-13-7-8-20-40-36/h3-24H,1-2H3. The molecule has 2 aromatic heterocycles. The highest BCUT2D eigenvalue weighted by Gasteiger charge is 2.18. The first-order valence-electron chi connectivity index (χ1n) is 13.7. The number of hydrogen-bond donors (Lipinski definition) is 0. The molecule has 2 nitrogen and oxygen atoms in total. The van der Waals surface area contributed by atoms with Crippen LogP contribution >= 0.6 is 0 Å². The summed E-state index contributed by atoms with van der Waals surface area (Å²) in [5.41, 5.74) is 11.9. The van der Waals surface area contributed by atoms with Crippen LogP contribution in [0.5, 0.6) is 0 Å². The minimum Gasteiger partial charge on any atom is -0.264 e. The second-order valence-electron chi connectivity index (χ2n) is 10.4. The van der Waals surface area contributed by atoms with Crippen LogP contribution in [0.2, 0.25) is 0 Å². The minimum atomic E-state index is 0.993. The van der Waals surface area contributed by atoms with Gasteiger partial charge in [-0.1, -0.05) is 91.0 Å². The van der Waals surface area contributed by atoms with Gasteiger partial charge in [-0.05, 0) is 98.6 Å². The van der Waals surface area contributed by atoms with Crippen molar-refractivity contribution in [3.8, 4) is 44.6 Å². The molecule has 0 radical (unpaired) electrons. The van der Waals surface area contributed by atoms with E-state index in [2.05, 4.69) is 127 Å². The van der Waals surface area contributed by atoms with Crippen LogP contribution in [0.15, 0.2) is 134 Å². The van der Waals surface area contributed by atoms with Gasteiger partial charge in [0.1, 0.15) is 0 Å². The van der Waals surface area contributed by atoms with Gasteiger partial charge in [-0.2, -0.15) is 0 Å². The largest absolute Gasteiger partial charge is 0.264 e. The predicted octanol–water partition coefficient (Wildman–Crippen LogP) is 10.1. The van der Waals surface area contributed by atoms with Crippen molar-refractivity contribution in [3.63, 3.8) is 0 Å². The Morgan fingerprint density at radius 1 is 0.475 bits per heavy atom. The minimum absolute atomic E-state index is 0.993. The molecule has 2 heterocycles. The first kappa shape index (κ1) is 24.0. The van der Waals surface area contributed by atoms with Crippen LogP contribution < -0.4 is 0 Å². The Bertz CT molecular complexity index is 1950. The van der Waals surface area contributed by atoms with Gasteiger partial charge in [0, 0.05) is 29.7 Å². The smallest absolute Gasteiger partial charge is 0.0702 e. The van der Waals surface area contributed by atoms with Crippen molar-refractivity contribution in [3.05, 3.63) is 145 Å². The molecule has 0 atom stereocenters. The molecule has 0 aliphatic rings. The molecule has 0 saturated carbocycles. The highest BCUT2D eigenvalue weighted by atomic mass is 14.7. The summed E-state index contributed by atoms with van der Waals surface area (Å²) in [6, 6.07) is 41.5. The zero-order valence-electron chi connectivity index (χ0n) is 22.6. The van der Waals surface area contributed by atoms with Gasteiger partial charge in [-0.25, -0.2) is 0 Å². The number of pyridine rings is 2. The lowest BCUT2D eigenvalue weighted by atomic mass is 9.84. The van der Waals surface area contributed by atoms with Crippen LogP contribution in [0.25, 0.3) is 66.2 Å². The van der Waals surface area contributed by atoms with Crippen molar-refractivity contribution in [1.82, 2.24) is 9.97 Å². The first-order valence-corrected chi connectivity index (χ1v) is 13.7. The molecule has 40 heavy (non-hydrogen) atoms. The van der Waals surface area contributed by atoms with E-state index in [1.807, 2.05) is 30.7 Å². The molecule has 0 fully saturated rings. The normalized spacial score (nSPS) is 11.2. The molecule has 190 valence electrons. The van der Waals surface area contributed by atoms with Gasteiger partial charge in [-0.15, -0.1) is 0 Å². The lowest BCUT2D eigenvalue weighted by molar-refractivity contribution is 1.27. The lowest BCUT2D eigenvalue weighted by Gasteiger charge is -2.19. The van der Waals surface area contributed by atoms with Crippen LogP contribution in [-0.2, 0) is 0 Å². The highest BCUT2D eigenvalue weighted by molar-refractivity contribution is 6.21. The van der Waals surface area contributed by atoms with Gasteiger partial charge in [0.25, 0.3) is 0 Å². The molecule has 2 heteroatoms. The van der Waals surface area contributed by atoms with Crippen LogP contribution in [0, 0.1) is 13.8 Å². The third-order valence-corrected chi connectivity index (χ3v) is 7.77. The molecule has 0 bridgehead atoms. The van der Waals surface area contributed by atoms with Crippen molar-refractivity contribution in [2.75, 3.05) is 0 Å². The molecular formula is C38H28N2. The van der Waals surface area contributed by atoms with E-state index in [0.717, 1.165) is 22.4 Å². The average Bonchev–Trinajstić information content (AvgIpc) is 3.01. The van der Waals surface area contributed by atoms with Crippen molar-refractivity contribution >= 4 is 21.5 Å². The van der Waals surface area contributed by atoms with E-state index in [4.69, 9.17) is 0 Å². The Balaban J connectivity index is 1.44. The number of nitrogens with zero attached hydrogens (tertiary/aromatic N) is 2. The second-order valence-corrected chi connectivity index (χ2v) is 10.4. The van der Waals surface area contributed by atoms with E-state index in [0.29, 0.717) is 0 Å². The molecule has 0 aliphatic carbocycles. The van der Waals surface area contributed by atoms with Gasteiger partial charge < -0.3 is 0 Å². The number of fused-ring (bicyclic) bond motifs is 2. The molecule has 5 aromatic carbocycles. The molecule has 0 spiro atoms. The summed E-state index contributed by atoms with van der Waals surface area (Å²) < 4.78 is 0. The Hall–Kier alpha value is -5.08. The monoisotopic (exact) mass is 512 g/mol. The average molecular weight is 513 g/mol. The number of rotatable bonds is 4. The van der Waals surface area contributed by atoms with Crippen LogP contribution in [0.1, 0.15) is 11.1 Å². The quantitative estimate of drug-likeness (QED) is 0.219.